The number of hydrogen-bond donors (Lipinski definition) is 2. The highest BCUT2D eigenvalue weighted by Crippen LogP contribution is 2.21. The minimum Gasteiger partial charge on any atom is -0.385 e. The maximum absolute atomic E-state index is 13.6. The van der Waals surface area contributed by atoms with E-state index in [-0.39, 0.29) is 18.1 Å². The second-order valence-electron chi connectivity index (χ2n) is 4.10. The first-order valence-electron chi connectivity index (χ1n) is 6.00. The third-order valence-electron chi connectivity index (χ3n) is 2.56. The van der Waals surface area contributed by atoms with Crippen molar-refractivity contribution in [2.75, 3.05) is 32.1 Å². The van der Waals surface area contributed by atoms with E-state index in [9.17, 15) is 13.6 Å². The van der Waals surface area contributed by atoms with Crippen LogP contribution < -0.4 is 10.6 Å². The summed E-state index contributed by atoms with van der Waals surface area (Å²) in [7, 11) is 1.58. The molecule has 0 aromatic heterocycles. The molecule has 0 atom stereocenters. The molecule has 0 aliphatic heterocycles. The highest BCUT2D eigenvalue weighted by molar-refractivity contribution is 5.80. The van der Waals surface area contributed by atoms with Crippen LogP contribution in [-0.4, -0.2) is 32.7 Å². The monoisotopic (exact) mass is 272 g/mol. The molecule has 19 heavy (non-hydrogen) atoms. The Balaban J connectivity index is 2.44. The van der Waals surface area contributed by atoms with Gasteiger partial charge >= 0.3 is 0 Å². The number of anilines is 1. The lowest BCUT2D eigenvalue weighted by Crippen LogP contribution is -2.31. The Morgan fingerprint density at radius 1 is 1.37 bits per heavy atom. The second-order valence-corrected chi connectivity index (χ2v) is 4.10. The Hall–Kier alpha value is -1.69. The van der Waals surface area contributed by atoms with Crippen molar-refractivity contribution in [3.05, 3.63) is 29.3 Å². The molecule has 1 aromatic rings. The first-order chi connectivity index (χ1) is 9.06. The SMILES string of the molecule is COCCCNC(=O)CNc1c(F)ccc(C)c1F. The van der Waals surface area contributed by atoms with Crippen LogP contribution in [0.1, 0.15) is 12.0 Å². The molecular formula is C13H18F2N2O2. The summed E-state index contributed by atoms with van der Waals surface area (Å²) in [4.78, 5) is 11.4. The molecule has 0 bridgehead atoms. The van der Waals surface area contributed by atoms with E-state index in [1.807, 2.05) is 0 Å². The van der Waals surface area contributed by atoms with Gasteiger partial charge in [-0.05, 0) is 25.0 Å². The van der Waals surface area contributed by atoms with E-state index >= 15 is 0 Å². The van der Waals surface area contributed by atoms with Gasteiger partial charge in [0.15, 0.2) is 5.82 Å². The van der Waals surface area contributed by atoms with Crippen molar-refractivity contribution in [3.8, 4) is 0 Å². The Kier molecular flexibility index (Phi) is 6.21. The summed E-state index contributed by atoms with van der Waals surface area (Å²) in [5, 5.41) is 5.08. The lowest BCUT2D eigenvalue weighted by molar-refractivity contribution is -0.119. The molecule has 0 aliphatic carbocycles. The Bertz CT molecular complexity index is 439. The largest absolute Gasteiger partial charge is 0.385 e. The molecule has 0 unspecified atom stereocenters. The highest BCUT2D eigenvalue weighted by Gasteiger charge is 2.12. The van der Waals surface area contributed by atoms with Crippen LogP contribution in [0.2, 0.25) is 0 Å². The van der Waals surface area contributed by atoms with Gasteiger partial charge in [-0.25, -0.2) is 8.78 Å². The molecule has 1 aromatic carbocycles. The smallest absolute Gasteiger partial charge is 0.239 e. The van der Waals surface area contributed by atoms with Gasteiger partial charge in [-0.2, -0.15) is 0 Å². The van der Waals surface area contributed by atoms with E-state index in [0.29, 0.717) is 25.1 Å². The topological polar surface area (TPSA) is 50.4 Å². The molecule has 0 radical (unpaired) electrons. The third-order valence-corrected chi connectivity index (χ3v) is 2.56. The lowest BCUT2D eigenvalue weighted by atomic mass is 10.2. The average molecular weight is 272 g/mol. The number of ether oxygens (including phenoxy) is 1. The van der Waals surface area contributed by atoms with Gasteiger partial charge in [0.25, 0.3) is 0 Å². The molecule has 1 amide bonds. The van der Waals surface area contributed by atoms with E-state index in [2.05, 4.69) is 10.6 Å². The van der Waals surface area contributed by atoms with Gasteiger partial charge in [-0.15, -0.1) is 0 Å². The third kappa shape index (κ3) is 4.82. The van der Waals surface area contributed by atoms with Gasteiger partial charge in [0.05, 0.1) is 6.54 Å². The molecule has 4 nitrogen and oxygen atoms in total. The molecule has 0 spiro atoms. The van der Waals surface area contributed by atoms with E-state index in [1.54, 1.807) is 7.11 Å². The van der Waals surface area contributed by atoms with Gasteiger partial charge in [0.1, 0.15) is 11.5 Å². The van der Waals surface area contributed by atoms with Gasteiger partial charge in [0.2, 0.25) is 5.91 Å². The summed E-state index contributed by atoms with van der Waals surface area (Å²) in [6, 6.07) is 2.51. The summed E-state index contributed by atoms with van der Waals surface area (Å²) in [6.07, 6.45) is 0.690. The zero-order chi connectivity index (χ0) is 14.3. The van der Waals surface area contributed by atoms with Crippen LogP contribution in [0.3, 0.4) is 0 Å². The van der Waals surface area contributed by atoms with Crippen LogP contribution in [0.15, 0.2) is 12.1 Å². The molecule has 106 valence electrons. The number of nitrogens with one attached hydrogen (secondary N) is 2. The summed E-state index contributed by atoms with van der Waals surface area (Å²) in [6.45, 7) is 2.37. The fourth-order valence-electron chi connectivity index (χ4n) is 1.49. The van der Waals surface area contributed by atoms with Crippen LogP contribution in [0.5, 0.6) is 0 Å². The van der Waals surface area contributed by atoms with Gasteiger partial charge in [0, 0.05) is 20.3 Å². The quantitative estimate of drug-likeness (QED) is 0.745. The molecule has 0 heterocycles. The number of amides is 1. The standard InChI is InChI=1S/C13H18F2N2O2/c1-9-4-5-10(14)13(12(9)15)17-8-11(18)16-6-3-7-19-2/h4-5,17H,3,6-8H2,1-2H3,(H,16,18). The Labute approximate surface area is 111 Å². The molecule has 0 saturated carbocycles. The first kappa shape index (κ1) is 15.4. The summed E-state index contributed by atoms with van der Waals surface area (Å²) < 4.78 is 31.8. The summed E-state index contributed by atoms with van der Waals surface area (Å²) >= 11 is 0. The molecule has 6 heteroatoms. The number of carbonyl (C=O) groups excluding carboxylic acids is 1. The van der Waals surface area contributed by atoms with Crippen molar-refractivity contribution >= 4 is 11.6 Å². The normalized spacial score (nSPS) is 10.3. The summed E-state index contributed by atoms with van der Waals surface area (Å²) in [5.74, 6) is -1.71. The van der Waals surface area contributed by atoms with Gasteiger partial charge < -0.3 is 15.4 Å². The number of carbonyl (C=O) groups is 1. The fourth-order valence-corrected chi connectivity index (χ4v) is 1.49. The predicted octanol–water partition coefficient (Wildman–Crippen LogP) is 1.84. The van der Waals surface area contributed by atoms with Crippen LogP contribution in [0.4, 0.5) is 14.5 Å². The van der Waals surface area contributed by atoms with E-state index < -0.39 is 11.6 Å². The van der Waals surface area contributed by atoms with E-state index in [0.717, 1.165) is 6.07 Å². The van der Waals surface area contributed by atoms with Gasteiger partial charge in [-0.3, -0.25) is 4.79 Å². The van der Waals surface area contributed by atoms with Crippen LogP contribution in [-0.2, 0) is 9.53 Å². The molecule has 0 saturated heterocycles. The van der Waals surface area contributed by atoms with Gasteiger partial charge in [-0.1, -0.05) is 6.07 Å². The zero-order valence-electron chi connectivity index (χ0n) is 11.1. The predicted molar refractivity (Wildman–Crippen MR) is 69.1 cm³/mol. The Morgan fingerprint density at radius 2 is 2.11 bits per heavy atom. The molecular weight excluding hydrogens is 254 g/mol. The first-order valence-corrected chi connectivity index (χ1v) is 6.00. The average Bonchev–Trinajstić information content (AvgIpc) is 2.39. The van der Waals surface area contributed by atoms with E-state index in [1.165, 1.54) is 13.0 Å². The molecule has 0 fully saturated rings. The van der Waals surface area contributed by atoms with Crippen molar-refractivity contribution in [3.63, 3.8) is 0 Å². The van der Waals surface area contributed by atoms with Crippen molar-refractivity contribution < 1.29 is 18.3 Å². The Morgan fingerprint density at radius 3 is 2.79 bits per heavy atom. The van der Waals surface area contributed by atoms with E-state index in [4.69, 9.17) is 4.74 Å². The van der Waals surface area contributed by atoms with Crippen molar-refractivity contribution in [2.45, 2.75) is 13.3 Å². The van der Waals surface area contributed by atoms with Crippen molar-refractivity contribution in [2.24, 2.45) is 0 Å². The lowest BCUT2D eigenvalue weighted by Gasteiger charge is -2.10. The van der Waals surface area contributed by atoms with Crippen molar-refractivity contribution in [1.29, 1.82) is 0 Å². The number of benzene rings is 1. The molecule has 1 rings (SSSR count). The minimum absolute atomic E-state index is 0.176. The number of methoxy groups -OCH3 is 1. The van der Waals surface area contributed by atoms with Crippen LogP contribution in [0, 0.1) is 18.6 Å². The minimum atomic E-state index is -0.713. The number of aryl methyl sites for hydroxylation is 1. The fraction of sp³-hybridized carbons (Fsp3) is 0.462. The number of rotatable bonds is 7. The molecule has 2 N–H and O–H groups in total. The van der Waals surface area contributed by atoms with Crippen LogP contribution in [0.25, 0.3) is 0 Å². The maximum Gasteiger partial charge on any atom is 0.239 e. The van der Waals surface area contributed by atoms with Crippen molar-refractivity contribution in [1.82, 2.24) is 5.32 Å². The second kappa shape index (κ2) is 7.68. The number of halogens is 2. The highest BCUT2D eigenvalue weighted by atomic mass is 19.1. The molecule has 0 aliphatic rings. The summed E-state index contributed by atoms with van der Waals surface area (Å²) in [5.41, 5.74) is 0.0523. The zero-order valence-corrected chi connectivity index (χ0v) is 11.1. The maximum atomic E-state index is 13.6. The van der Waals surface area contributed by atoms with Crippen LogP contribution >= 0.6 is 0 Å². The number of hydrogen-bond acceptors (Lipinski definition) is 3.